The largest absolute Gasteiger partial charge is 0.408 e. The molecule has 0 radical (unpaired) electrons. The van der Waals surface area contributed by atoms with Crippen LogP contribution in [-0.2, 0) is 19.5 Å². The average Bonchev–Trinajstić information content (AvgIpc) is 3.16. The van der Waals surface area contributed by atoms with Crippen LogP contribution in [0.3, 0.4) is 0 Å². The van der Waals surface area contributed by atoms with E-state index in [2.05, 4.69) is 30.6 Å². The minimum Gasteiger partial charge on any atom is -0.240 e. The van der Waals surface area contributed by atoms with Crippen LogP contribution in [0.2, 0.25) is 0 Å². The summed E-state index contributed by atoms with van der Waals surface area (Å²) in [5.74, 6) is 0.974. The number of halogens is 3. The zero-order chi connectivity index (χ0) is 17.3. The van der Waals surface area contributed by atoms with Crippen LogP contribution in [-0.4, -0.2) is 46.1 Å². The predicted molar refractivity (Wildman–Crippen MR) is 78.2 cm³/mol. The summed E-state index contributed by atoms with van der Waals surface area (Å²) in [5.41, 5.74) is 0.471. The summed E-state index contributed by atoms with van der Waals surface area (Å²) in [4.78, 5) is 8.44. The lowest BCUT2D eigenvalue weighted by Gasteiger charge is -2.08. The molecule has 0 aliphatic carbocycles. The van der Waals surface area contributed by atoms with Gasteiger partial charge in [-0.05, 0) is 24.3 Å². The Morgan fingerprint density at radius 1 is 1.17 bits per heavy atom. The van der Waals surface area contributed by atoms with Crippen molar-refractivity contribution in [3.05, 3.63) is 22.0 Å². The Labute approximate surface area is 138 Å². The fourth-order valence-electron chi connectivity index (χ4n) is 2.09. The number of nitrogens with zero attached hydrogens (tertiary/aromatic N) is 8. The number of hydrogen-bond acceptors (Lipinski definition) is 7. The SMILES string of the molecule is Cc1nc(-c2nc(CCn3nnnc3C)n(CC(F)(F)F)n2)cs1. The summed E-state index contributed by atoms with van der Waals surface area (Å²) < 4.78 is 40.7. The fraction of sp³-hybridized carbons (Fsp3) is 0.500. The first kappa shape index (κ1) is 16.5. The van der Waals surface area contributed by atoms with Gasteiger partial charge in [-0.2, -0.15) is 13.2 Å². The molecule has 0 bridgehead atoms. The molecule has 0 aliphatic rings. The average molecular weight is 358 g/mol. The van der Waals surface area contributed by atoms with Gasteiger partial charge in [-0.3, -0.25) is 0 Å². The topological polar surface area (TPSA) is 87.2 Å². The lowest BCUT2D eigenvalue weighted by Crippen LogP contribution is -2.21. The zero-order valence-corrected chi connectivity index (χ0v) is 13.6. The fourth-order valence-corrected chi connectivity index (χ4v) is 2.68. The van der Waals surface area contributed by atoms with E-state index in [9.17, 15) is 13.2 Å². The van der Waals surface area contributed by atoms with Crippen molar-refractivity contribution in [3.8, 4) is 11.5 Å². The maximum atomic E-state index is 12.8. The van der Waals surface area contributed by atoms with Crippen molar-refractivity contribution in [3.63, 3.8) is 0 Å². The Balaban J connectivity index is 1.87. The number of rotatable bonds is 5. The molecule has 0 N–H and O–H groups in total. The molecule has 8 nitrogen and oxygen atoms in total. The third-order valence-corrected chi connectivity index (χ3v) is 3.96. The monoisotopic (exact) mass is 358 g/mol. The summed E-state index contributed by atoms with van der Waals surface area (Å²) in [6.07, 6.45) is -4.17. The van der Waals surface area contributed by atoms with Gasteiger partial charge in [0.05, 0.1) is 11.6 Å². The van der Waals surface area contributed by atoms with Crippen LogP contribution in [0.1, 0.15) is 16.7 Å². The Hall–Kier alpha value is -2.37. The van der Waals surface area contributed by atoms with Crippen molar-refractivity contribution in [2.75, 3.05) is 0 Å². The van der Waals surface area contributed by atoms with E-state index < -0.39 is 12.7 Å². The molecule has 0 atom stereocenters. The second-order valence-corrected chi connectivity index (χ2v) is 6.14. The Kier molecular flexibility index (Phi) is 4.30. The third-order valence-electron chi connectivity index (χ3n) is 3.18. The first-order valence-electron chi connectivity index (χ1n) is 6.97. The van der Waals surface area contributed by atoms with Crippen molar-refractivity contribution >= 4 is 11.3 Å². The highest BCUT2D eigenvalue weighted by atomic mass is 32.1. The van der Waals surface area contributed by atoms with E-state index in [0.29, 0.717) is 18.1 Å². The van der Waals surface area contributed by atoms with Crippen molar-refractivity contribution in [2.24, 2.45) is 0 Å². The van der Waals surface area contributed by atoms with E-state index in [4.69, 9.17) is 0 Å². The van der Waals surface area contributed by atoms with Crippen LogP contribution in [0.15, 0.2) is 5.38 Å². The quantitative estimate of drug-likeness (QED) is 0.691. The normalized spacial score (nSPS) is 12.0. The minimum absolute atomic E-state index is 0.187. The Morgan fingerprint density at radius 3 is 2.54 bits per heavy atom. The van der Waals surface area contributed by atoms with E-state index in [0.717, 1.165) is 9.69 Å². The van der Waals surface area contributed by atoms with Gasteiger partial charge in [0, 0.05) is 11.8 Å². The van der Waals surface area contributed by atoms with E-state index >= 15 is 0 Å². The number of alkyl halides is 3. The lowest BCUT2D eigenvalue weighted by molar-refractivity contribution is -0.143. The smallest absolute Gasteiger partial charge is 0.240 e. The van der Waals surface area contributed by atoms with Gasteiger partial charge in [-0.25, -0.2) is 19.3 Å². The summed E-state index contributed by atoms with van der Waals surface area (Å²) >= 11 is 1.39. The van der Waals surface area contributed by atoms with E-state index in [1.54, 1.807) is 12.3 Å². The minimum atomic E-state index is -4.39. The molecule has 128 valence electrons. The lowest BCUT2D eigenvalue weighted by atomic mass is 10.4. The number of hydrogen-bond donors (Lipinski definition) is 0. The first-order chi connectivity index (χ1) is 11.3. The maximum Gasteiger partial charge on any atom is 0.408 e. The summed E-state index contributed by atoms with van der Waals surface area (Å²) in [5, 5.41) is 17.5. The van der Waals surface area contributed by atoms with Crippen LogP contribution in [0.25, 0.3) is 11.5 Å². The number of thiazole rings is 1. The molecule has 0 aromatic carbocycles. The molecule has 3 heterocycles. The Morgan fingerprint density at radius 2 is 1.96 bits per heavy atom. The number of aromatic nitrogens is 8. The van der Waals surface area contributed by atoms with Crippen molar-refractivity contribution in [1.29, 1.82) is 0 Å². The van der Waals surface area contributed by atoms with Crippen LogP contribution < -0.4 is 0 Å². The number of tetrazole rings is 1. The second kappa shape index (κ2) is 6.26. The van der Waals surface area contributed by atoms with Crippen LogP contribution >= 0.6 is 11.3 Å². The number of aryl methyl sites for hydroxylation is 4. The molecule has 0 spiro atoms. The van der Waals surface area contributed by atoms with Crippen molar-refractivity contribution in [1.82, 2.24) is 40.0 Å². The summed E-state index contributed by atoms with van der Waals surface area (Å²) in [7, 11) is 0. The molecule has 0 aliphatic heterocycles. The molecule has 24 heavy (non-hydrogen) atoms. The van der Waals surface area contributed by atoms with E-state index in [1.807, 2.05) is 6.92 Å². The van der Waals surface area contributed by atoms with Crippen LogP contribution in [0.5, 0.6) is 0 Å². The van der Waals surface area contributed by atoms with Gasteiger partial charge < -0.3 is 0 Å². The van der Waals surface area contributed by atoms with Crippen LogP contribution in [0.4, 0.5) is 13.2 Å². The molecule has 0 saturated carbocycles. The third kappa shape index (κ3) is 3.75. The molecule has 0 unspecified atom stereocenters. The summed E-state index contributed by atoms with van der Waals surface area (Å²) in [6.45, 7) is 2.63. The first-order valence-corrected chi connectivity index (χ1v) is 7.85. The molecule has 3 aromatic rings. The van der Waals surface area contributed by atoms with Gasteiger partial charge in [0.25, 0.3) is 0 Å². The molecular weight excluding hydrogens is 345 g/mol. The molecule has 0 saturated heterocycles. The predicted octanol–water partition coefficient (Wildman–Crippen LogP) is 1.81. The Bertz CT molecular complexity index is 834. The highest BCUT2D eigenvalue weighted by molar-refractivity contribution is 7.09. The van der Waals surface area contributed by atoms with Gasteiger partial charge in [-0.1, -0.05) is 0 Å². The van der Waals surface area contributed by atoms with Crippen molar-refractivity contribution < 1.29 is 13.2 Å². The van der Waals surface area contributed by atoms with E-state index in [1.165, 1.54) is 16.0 Å². The van der Waals surface area contributed by atoms with E-state index in [-0.39, 0.29) is 18.1 Å². The molecule has 0 fully saturated rings. The summed E-state index contributed by atoms with van der Waals surface area (Å²) in [6, 6.07) is 0. The standard InChI is InChI=1S/C12H13F3N8S/c1-7-18-20-21-22(7)4-3-10-17-11(9-5-24-8(2)16-9)19-23(10)6-12(13,14)15/h5H,3-4,6H2,1-2H3. The van der Waals surface area contributed by atoms with Gasteiger partial charge in [0.2, 0.25) is 5.82 Å². The molecule has 0 amide bonds. The molecular formula is C12H13F3N8S. The van der Waals surface area contributed by atoms with Crippen LogP contribution in [0, 0.1) is 13.8 Å². The van der Waals surface area contributed by atoms with Gasteiger partial charge in [0.15, 0.2) is 0 Å². The highest BCUT2D eigenvalue weighted by Crippen LogP contribution is 2.22. The highest BCUT2D eigenvalue weighted by Gasteiger charge is 2.30. The zero-order valence-electron chi connectivity index (χ0n) is 12.8. The van der Waals surface area contributed by atoms with Gasteiger partial charge in [0.1, 0.15) is 23.9 Å². The molecule has 3 rings (SSSR count). The molecule has 12 heteroatoms. The van der Waals surface area contributed by atoms with Crippen molar-refractivity contribution in [2.45, 2.75) is 39.5 Å². The maximum absolute atomic E-state index is 12.8. The molecule has 3 aromatic heterocycles. The van der Waals surface area contributed by atoms with Gasteiger partial charge >= 0.3 is 6.18 Å². The van der Waals surface area contributed by atoms with Gasteiger partial charge in [-0.15, -0.1) is 21.5 Å². The second-order valence-electron chi connectivity index (χ2n) is 5.08.